The van der Waals surface area contributed by atoms with Crippen molar-refractivity contribution in [3.63, 3.8) is 0 Å². The highest BCUT2D eigenvalue weighted by Gasteiger charge is 2.44. The second-order valence-corrected chi connectivity index (χ2v) is 4.55. The van der Waals surface area contributed by atoms with E-state index in [9.17, 15) is 23.5 Å². The van der Waals surface area contributed by atoms with Gasteiger partial charge in [-0.15, -0.1) is 0 Å². The van der Waals surface area contributed by atoms with Crippen LogP contribution in [0.15, 0.2) is 24.3 Å². The van der Waals surface area contributed by atoms with Crippen LogP contribution in [0.25, 0.3) is 0 Å². The number of halogens is 2. The summed E-state index contributed by atoms with van der Waals surface area (Å²) in [7, 11) is 0. The molecule has 2 N–H and O–H groups in total. The van der Waals surface area contributed by atoms with E-state index in [4.69, 9.17) is 4.74 Å². The highest BCUT2D eigenvalue weighted by molar-refractivity contribution is 5.98. The molecule has 0 aliphatic carbocycles. The highest BCUT2D eigenvalue weighted by Crippen LogP contribution is 2.21. The van der Waals surface area contributed by atoms with Gasteiger partial charge < -0.3 is 19.9 Å². The minimum Gasteiger partial charge on any atom is -0.479 e. The Bertz CT molecular complexity index is 543. The maximum atomic E-state index is 12.1. The minimum absolute atomic E-state index is 0.0284. The van der Waals surface area contributed by atoms with E-state index in [0.717, 1.165) is 6.07 Å². The molecule has 0 bridgehead atoms. The Hall–Kier alpha value is -2.22. The van der Waals surface area contributed by atoms with Gasteiger partial charge in [0.2, 0.25) is 0 Å². The number of aliphatic carboxylic acids is 1. The fraction of sp³-hybridized carbons (Fsp3) is 0.385. The first-order chi connectivity index (χ1) is 9.93. The summed E-state index contributed by atoms with van der Waals surface area (Å²) in [5, 5.41) is 11.6. The topological polar surface area (TPSA) is 84.9 Å². The zero-order chi connectivity index (χ0) is 15.5. The summed E-state index contributed by atoms with van der Waals surface area (Å²) in [6, 6.07) is 5.13. The Morgan fingerprint density at radius 3 is 2.76 bits per heavy atom. The van der Waals surface area contributed by atoms with Crippen LogP contribution in [-0.2, 0) is 9.53 Å². The van der Waals surface area contributed by atoms with Crippen LogP contribution in [0.1, 0.15) is 16.8 Å². The number of benzene rings is 1. The van der Waals surface area contributed by atoms with Crippen molar-refractivity contribution in [2.24, 2.45) is 0 Å². The molecule has 1 aromatic rings. The van der Waals surface area contributed by atoms with Gasteiger partial charge in [0.15, 0.2) is 5.54 Å². The Labute approximate surface area is 118 Å². The van der Waals surface area contributed by atoms with Crippen LogP contribution in [0, 0.1) is 0 Å². The summed E-state index contributed by atoms with van der Waals surface area (Å²) < 4.78 is 33.5. The zero-order valence-corrected chi connectivity index (χ0v) is 10.8. The molecule has 8 heteroatoms. The van der Waals surface area contributed by atoms with Crippen molar-refractivity contribution in [3.05, 3.63) is 29.8 Å². The molecule has 0 aromatic heterocycles. The molecule has 1 saturated heterocycles. The third-order valence-corrected chi connectivity index (χ3v) is 3.11. The van der Waals surface area contributed by atoms with E-state index in [1.807, 2.05) is 0 Å². The van der Waals surface area contributed by atoms with Crippen LogP contribution in [-0.4, -0.2) is 42.3 Å². The number of carbonyl (C=O) groups is 2. The third-order valence-electron chi connectivity index (χ3n) is 3.11. The largest absolute Gasteiger partial charge is 0.479 e. The van der Waals surface area contributed by atoms with Gasteiger partial charge in [0, 0.05) is 18.6 Å². The number of hydrogen-bond acceptors (Lipinski definition) is 4. The van der Waals surface area contributed by atoms with Crippen molar-refractivity contribution in [1.29, 1.82) is 0 Å². The first-order valence-electron chi connectivity index (χ1n) is 6.11. The monoisotopic (exact) mass is 301 g/mol. The van der Waals surface area contributed by atoms with E-state index in [2.05, 4.69) is 10.1 Å². The molecule has 1 unspecified atom stereocenters. The molecule has 21 heavy (non-hydrogen) atoms. The fourth-order valence-electron chi connectivity index (χ4n) is 1.99. The van der Waals surface area contributed by atoms with Crippen molar-refractivity contribution in [3.8, 4) is 5.75 Å². The van der Waals surface area contributed by atoms with Crippen LogP contribution in [0.2, 0.25) is 0 Å². The number of hydrogen-bond donors (Lipinski definition) is 2. The van der Waals surface area contributed by atoms with Crippen molar-refractivity contribution in [1.82, 2.24) is 5.32 Å². The van der Waals surface area contributed by atoms with Crippen molar-refractivity contribution < 1.29 is 33.0 Å². The first kappa shape index (κ1) is 15.2. The summed E-state index contributed by atoms with van der Waals surface area (Å²) in [6.07, 6.45) is 0.140. The van der Waals surface area contributed by atoms with E-state index in [0.29, 0.717) is 0 Å². The average Bonchev–Trinajstić information content (AvgIpc) is 2.88. The lowest BCUT2D eigenvalue weighted by molar-refractivity contribution is -0.144. The summed E-state index contributed by atoms with van der Waals surface area (Å²) in [5.41, 5.74) is -1.46. The number of nitrogens with one attached hydrogen (secondary N) is 1. The maximum absolute atomic E-state index is 12.1. The molecule has 1 amide bonds. The van der Waals surface area contributed by atoms with Gasteiger partial charge in [0.25, 0.3) is 5.91 Å². The second-order valence-electron chi connectivity index (χ2n) is 4.55. The van der Waals surface area contributed by atoms with E-state index in [1.165, 1.54) is 18.2 Å². The lowest BCUT2D eigenvalue weighted by Crippen LogP contribution is -2.55. The molecule has 1 atom stereocenters. The van der Waals surface area contributed by atoms with E-state index >= 15 is 0 Å². The van der Waals surface area contributed by atoms with Crippen LogP contribution >= 0.6 is 0 Å². The van der Waals surface area contributed by atoms with E-state index in [1.54, 1.807) is 0 Å². The predicted octanol–water partition coefficient (Wildman–Crippen LogP) is 1.26. The van der Waals surface area contributed by atoms with Gasteiger partial charge in [-0.25, -0.2) is 4.79 Å². The standard InChI is InChI=1S/C13H13F2NO5/c14-12(15)21-9-3-1-2-8(6-9)10(17)16-13(11(18)19)4-5-20-7-13/h1-3,6,12H,4-5,7H2,(H,16,17)(H,18,19). The fourth-order valence-corrected chi connectivity index (χ4v) is 1.99. The number of carbonyl (C=O) groups excluding carboxylic acids is 1. The summed E-state index contributed by atoms with van der Waals surface area (Å²) in [5.74, 6) is -2.07. The lowest BCUT2D eigenvalue weighted by atomic mass is 9.98. The van der Waals surface area contributed by atoms with Gasteiger partial charge in [0.05, 0.1) is 6.61 Å². The Morgan fingerprint density at radius 2 is 2.19 bits per heavy atom. The molecule has 6 nitrogen and oxygen atoms in total. The van der Waals surface area contributed by atoms with Crippen molar-refractivity contribution >= 4 is 11.9 Å². The molecule has 0 spiro atoms. The van der Waals surface area contributed by atoms with Gasteiger partial charge in [-0.2, -0.15) is 8.78 Å². The predicted molar refractivity (Wildman–Crippen MR) is 66.3 cm³/mol. The molecule has 1 fully saturated rings. The Kier molecular flexibility index (Phi) is 4.37. The highest BCUT2D eigenvalue weighted by atomic mass is 19.3. The Morgan fingerprint density at radius 1 is 1.43 bits per heavy atom. The molecule has 2 rings (SSSR count). The van der Waals surface area contributed by atoms with Gasteiger partial charge in [-0.05, 0) is 18.2 Å². The van der Waals surface area contributed by atoms with Crippen LogP contribution in [0.3, 0.4) is 0 Å². The number of rotatable bonds is 5. The normalized spacial score (nSPS) is 21.3. The molecule has 1 heterocycles. The number of ether oxygens (including phenoxy) is 2. The molecule has 1 aromatic carbocycles. The minimum atomic E-state index is -3.00. The lowest BCUT2D eigenvalue weighted by Gasteiger charge is -2.23. The van der Waals surface area contributed by atoms with Gasteiger partial charge in [-0.1, -0.05) is 6.07 Å². The molecule has 0 radical (unpaired) electrons. The molecule has 1 aliphatic heterocycles. The number of alkyl halides is 2. The van der Waals surface area contributed by atoms with E-state index < -0.39 is 24.0 Å². The maximum Gasteiger partial charge on any atom is 0.387 e. The van der Waals surface area contributed by atoms with Crippen LogP contribution in [0.5, 0.6) is 5.75 Å². The SMILES string of the molecule is O=C(NC1(C(=O)O)CCOC1)c1cccc(OC(F)F)c1. The number of carboxylic acid groups (broad SMARTS) is 1. The molecule has 0 saturated carbocycles. The summed E-state index contributed by atoms with van der Waals surface area (Å²) >= 11 is 0. The van der Waals surface area contributed by atoms with Crippen molar-refractivity contribution in [2.45, 2.75) is 18.6 Å². The quantitative estimate of drug-likeness (QED) is 0.855. The van der Waals surface area contributed by atoms with Crippen LogP contribution < -0.4 is 10.1 Å². The van der Waals surface area contributed by atoms with E-state index in [-0.39, 0.29) is 30.9 Å². The summed E-state index contributed by atoms with van der Waals surface area (Å²) in [6.45, 7) is -2.92. The van der Waals surface area contributed by atoms with Crippen molar-refractivity contribution in [2.75, 3.05) is 13.2 Å². The molecular weight excluding hydrogens is 288 g/mol. The first-order valence-corrected chi connectivity index (χ1v) is 6.11. The van der Waals surface area contributed by atoms with Crippen LogP contribution in [0.4, 0.5) is 8.78 Å². The Balaban J connectivity index is 2.14. The molecular formula is C13H13F2NO5. The molecule has 114 valence electrons. The number of carboxylic acids is 1. The van der Waals surface area contributed by atoms with Gasteiger partial charge in [0.1, 0.15) is 5.75 Å². The third kappa shape index (κ3) is 3.46. The smallest absolute Gasteiger partial charge is 0.387 e. The zero-order valence-electron chi connectivity index (χ0n) is 10.8. The van der Waals surface area contributed by atoms with Gasteiger partial charge >= 0.3 is 12.6 Å². The average molecular weight is 301 g/mol. The second kappa shape index (κ2) is 6.04. The number of amides is 1. The summed E-state index contributed by atoms with van der Waals surface area (Å²) in [4.78, 5) is 23.4. The van der Waals surface area contributed by atoms with Gasteiger partial charge in [-0.3, -0.25) is 4.79 Å². The molecule has 1 aliphatic rings.